The fraction of sp³-hybridized carbons (Fsp3) is 0.231. The molecule has 0 amide bonds. The molecular weight excluding hydrogens is 376 g/mol. The molecule has 0 saturated carbocycles. The monoisotopic (exact) mass is 398 g/mol. The normalized spacial score (nSPS) is 14.7. The van der Waals surface area contributed by atoms with Gasteiger partial charge in [-0.25, -0.2) is 0 Å². The standard InChI is InChI=1S/C26H22O4/c27-22(19-14-13-17-7-1-2-8-18(17)15-19)16-29-26(28)25-20-9-3-5-11-23(20)30-24-12-6-4-10-21(24)25/h3-6,9-15,25H,1-2,7-8,16H2. The van der Waals surface area contributed by atoms with Gasteiger partial charge in [-0.15, -0.1) is 0 Å². The first-order chi connectivity index (χ1) is 14.7. The number of para-hydroxylation sites is 2. The molecule has 5 rings (SSSR count). The van der Waals surface area contributed by atoms with Crippen LogP contribution in [0.1, 0.15) is 51.4 Å². The van der Waals surface area contributed by atoms with Gasteiger partial charge in [0, 0.05) is 16.7 Å². The summed E-state index contributed by atoms with van der Waals surface area (Å²) in [5.41, 5.74) is 4.68. The van der Waals surface area contributed by atoms with Crippen molar-refractivity contribution >= 4 is 11.8 Å². The van der Waals surface area contributed by atoms with E-state index in [1.807, 2.05) is 66.7 Å². The molecule has 0 bridgehead atoms. The van der Waals surface area contributed by atoms with Gasteiger partial charge >= 0.3 is 5.97 Å². The third-order valence-corrected chi connectivity index (χ3v) is 5.93. The van der Waals surface area contributed by atoms with Crippen molar-refractivity contribution in [3.63, 3.8) is 0 Å². The molecule has 0 unspecified atom stereocenters. The molecule has 1 aliphatic heterocycles. The Labute approximate surface area is 175 Å². The predicted octanol–water partition coefficient (Wildman–Crippen LogP) is 5.23. The largest absolute Gasteiger partial charge is 0.457 e. The third-order valence-electron chi connectivity index (χ3n) is 5.93. The van der Waals surface area contributed by atoms with Gasteiger partial charge in [0.05, 0.1) is 0 Å². The zero-order chi connectivity index (χ0) is 20.5. The Hall–Kier alpha value is -3.40. The minimum atomic E-state index is -0.609. The summed E-state index contributed by atoms with van der Waals surface area (Å²) in [5, 5.41) is 0. The molecule has 0 atom stereocenters. The highest BCUT2D eigenvalue weighted by Gasteiger charge is 2.34. The number of ketones is 1. The molecule has 3 aromatic carbocycles. The van der Waals surface area contributed by atoms with E-state index in [1.165, 1.54) is 17.5 Å². The van der Waals surface area contributed by atoms with Crippen molar-refractivity contribution in [2.45, 2.75) is 31.6 Å². The maximum Gasteiger partial charge on any atom is 0.318 e. The fourth-order valence-corrected chi connectivity index (χ4v) is 4.37. The number of carbonyl (C=O) groups excluding carboxylic acids is 2. The summed E-state index contributed by atoms with van der Waals surface area (Å²) < 4.78 is 11.4. The molecule has 30 heavy (non-hydrogen) atoms. The van der Waals surface area contributed by atoms with Crippen LogP contribution in [0.4, 0.5) is 0 Å². The van der Waals surface area contributed by atoms with Gasteiger partial charge in [0.15, 0.2) is 12.4 Å². The number of fused-ring (bicyclic) bond motifs is 3. The number of hydrogen-bond acceptors (Lipinski definition) is 4. The highest BCUT2D eigenvalue weighted by Crippen LogP contribution is 2.44. The second kappa shape index (κ2) is 7.79. The zero-order valence-electron chi connectivity index (χ0n) is 16.6. The summed E-state index contributed by atoms with van der Waals surface area (Å²) >= 11 is 0. The Bertz CT molecular complexity index is 1090. The van der Waals surface area contributed by atoms with E-state index in [1.54, 1.807) is 0 Å². The van der Waals surface area contributed by atoms with Gasteiger partial charge in [-0.3, -0.25) is 9.59 Å². The first-order valence-corrected chi connectivity index (χ1v) is 10.4. The summed E-state index contributed by atoms with van der Waals surface area (Å²) in [6, 6.07) is 20.7. The molecule has 1 aliphatic carbocycles. The minimum absolute atomic E-state index is 0.176. The summed E-state index contributed by atoms with van der Waals surface area (Å²) in [5.74, 6) is 0.0515. The van der Waals surface area contributed by atoms with Gasteiger partial charge in [0.25, 0.3) is 0 Å². The Balaban J connectivity index is 1.35. The SMILES string of the molecule is O=C(COC(=O)C1c2ccccc2Oc2ccccc21)c1ccc2c(c1)CCCC2. The van der Waals surface area contributed by atoms with Crippen LogP contribution in [0.3, 0.4) is 0 Å². The molecule has 3 aromatic rings. The van der Waals surface area contributed by atoms with Crippen LogP contribution in [-0.4, -0.2) is 18.4 Å². The Morgan fingerprint density at radius 3 is 2.17 bits per heavy atom. The number of rotatable bonds is 4. The van der Waals surface area contributed by atoms with E-state index in [0.717, 1.165) is 30.4 Å². The lowest BCUT2D eigenvalue weighted by atomic mass is 9.88. The van der Waals surface area contributed by atoms with E-state index in [4.69, 9.17) is 9.47 Å². The number of esters is 1. The number of ether oxygens (including phenoxy) is 2. The van der Waals surface area contributed by atoms with Crippen molar-refractivity contribution in [2.24, 2.45) is 0 Å². The molecule has 4 nitrogen and oxygen atoms in total. The van der Waals surface area contributed by atoms with E-state index < -0.39 is 11.9 Å². The maximum atomic E-state index is 13.1. The smallest absolute Gasteiger partial charge is 0.318 e. The van der Waals surface area contributed by atoms with Crippen LogP contribution < -0.4 is 4.74 Å². The number of benzene rings is 3. The summed E-state index contributed by atoms with van der Waals surface area (Å²) in [7, 11) is 0. The van der Waals surface area contributed by atoms with Crippen LogP contribution in [0.25, 0.3) is 0 Å². The zero-order valence-corrected chi connectivity index (χ0v) is 16.6. The first kappa shape index (κ1) is 18.6. The molecule has 2 aliphatic rings. The predicted molar refractivity (Wildman–Crippen MR) is 113 cm³/mol. The van der Waals surface area contributed by atoms with Crippen LogP contribution in [0.15, 0.2) is 66.7 Å². The fourth-order valence-electron chi connectivity index (χ4n) is 4.37. The van der Waals surface area contributed by atoms with Crippen LogP contribution in [0.5, 0.6) is 11.5 Å². The van der Waals surface area contributed by atoms with Crippen LogP contribution in [0.2, 0.25) is 0 Å². The van der Waals surface area contributed by atoms with Gasteiger partial charge in [-0.1, -0.05) is 48.5 Å². The molecular formula is C26H22O4. The summed E-state index contributed by atoms with van der Waals surface area (Å²) in [4.78, 5) is 25.8. The van der Waals surface area contributed by atoms with Crippen molar-refractivity contribution in [2.75, 3.05) is 6.61 Å². The van der Waals surface area contributed by atoms with Gasteiger partial charge < -0.3 is 9.47 Å². The van der Waals surface area contributed by atoms with Crippen LogP contribution in [-0.2, 0) is 22.4 Å². The van der Waals surface area contributed by atoms with Crippen molar-refractivity contribution in [3.8, 4) is 11.5 Å². The second-order valence-electron chi connectivity index (χ2n) is 7.83. The van der Waals surface area contributed by atoms with Crippen molar-refractivity contribution in [3.05, 3.63) is 94.5 Å². The highest BCUT2D eigenvalue weighted by atomic mass is 16.5. The number of Topliss-reactive ketones (excluding diaryl/α,β-unsaturated/α-hetero) is 1. The van der Waals surface area contributed by atoms with Crippen molar-refractivity contribution in [1.82, 2.24) is 0 Å². The Morgan fingerprint density at radius 2 is 1.47 bits per heavy atom. The van der Waals surface area contributed by atoms with Gasteiger partial charge in [0.2, 0.25) is 0 Å². The first-order valence-electron chi connectivity index (χ1n) is 10.4. The number of hydrogen-bond donors (Lipinski definition) is 0. The molecule has 0 spiro atoms. The van der Waals surface area contributed by atoms with Gasteiger partial charge in [-0.05, 0) is 55.0 Å². The van der Waals surface area contributed by atoms with E-state index in [2.05, 4.69) is 0 Å². The highest BCUT2D eigenvalue weighted by molar-refractivity contribution is 5.98. The molecule has 0 N–H and O–H groups in total. The van der Waals surface area contributed by atoms with Gasteiger partial charge in [-0.2, -0.15) is 0 Å². The molecule has 0 aromatic heterocycles. The van der Waals surface area contributed by atoms with E-state index in [-0.39, 0.29) is 12.4 Å². The lowest BCUT2D eigenvalue weighted by molar-refractivity contribution is -0.143. The molecule has 0 saturated heterocycles. The number of aryl methyl sites for hydroxylation is 2. The minimum Gasteiger partial charge on any atom is -0.457 e. The quantitative estimate of drug-likeness (QED) is 0.446. The third kappa shape index (κ3) is 3.39. The number of carbonyl (C=O) groups is 2. The molecule has 1 heterocycles. The van der Waals surface area contributed by atoms with E-state index in [9.17, 15) is 9.59 Å². The average molecular weight is 398 g/mol. The summed E-state index contributed by atoms with van der Waals surface area (Å²) in [6.45, 7) is -0.265. The maximum absolute atomic E-state index is 13.1. The van der Waals surface area contributed by atoms with E-state index in [0.29, 0.717) is 17.1 Å². The molecule has 4 heteroatoms. The molecule has 0 fully saturated rings. The van der Waals surface area contributed by atoms with Crippen LogP contribution >= 0.6 is 0 Å². The Kier molecular flexibility index (Phi) is 4.83. The average Bonchev–Trinajstić information content (AvgIpc) is 2.80. The van der Waals surface area contributed by atoms with E-state index >= 15 is 0 Å². The Morgan fingerprint density at radius 1 is 0.833 bits per heavy atom. The molecule has 0 radical (unpaired) electrons. The second-order valence-corrected chi connectivity index (χ2v) is 7.83. The molecule has 150 valence electrons. The lowest BCUT2D eigenvalue weighted by Gasteiger charge is -2.26. The lowest BCUT2D eigenvalue weighted by Crippen LogP contribution is -2.23. The van der Waals surface area contributed by atoms with Crippen molar-refractivity contribution in [1.29, 1.82) is 0 Å². The van der Waals surface area contributed by atoms with Crippen LogP contribution in [0, 0.1) is 0 Å². The van der Waals surface area contributed by atoms with Crippen molar-refractivity contribution < 1.29 is 19.1 Å². The van der Waals surface area contributed by atoms with Gasteiger partial charge in [0.1, 0.15) is 17.4 Å². The topological polar surface area (TPSA) is 52.6 Å². The summed E-state index contributed by atoms with van der Waals surface area (Å²) in [6.07, 6.45) is 4.43.